The van der Waals surface area contributed by atoms with Crippen LogP contribution in [-0.4, -0.2) is 9.55 Å². The molecule has 0 spiro atoms. The molecule has 9 aromatic carbocycles. The number of aromatic nitrogens is 2. The third-order valence-electron chi connectivity index (χ3n) is 16.0. The summed E-state index contributed by atoms with van der Waals surface area (Å²) in [7, 11) is 0. The van der Waals surface area contributed by atoms with Crippen molar-refractivity contribution in [1.82, 2.24) is 9.55 Å². The van der Waals surface area contributed by atoms with Crippen molar-refractivity contribution >= 4 is 44.6 Å². The first-order valence-corrected chi connectivity index (χ1v) is 28.6. The van der Waals surface area contributed by atoms with E-state index in [0.717, 1.165) is 83.8 Å². The van der Waals surface area contributed by atoms with Crippen LogP contribution in [0.5, 0.6) is 11.5 Å². The Bertz CT molecular complexity index is 4290. The van der Waals surface area contributed by atoms with E-state index in [1.807, 2.05) is 36.5 Å². The molecule has 6 heteroatoms. The van der Waals surface area contributed by atoms with E-state index in [2.05, 4.69) is 268 Å². The van der Waals surface area contributed by atoms with Crippen molar-refractivity contribution in [1.29, 1.82) is 0 Å². The quantitative estimate of drug-likeness (QED) is 0.135. The Morgan fingerprint density at radius 2 is 1.01 bits per heavy atom. The van der Waals surface area contributed by atoms with Gasteiger partial charge >= 0.3 is 0 Å². The topological polar surface area (TPSA) is 33.5 Å². The molecule has 0 fully saturated rings. The number of hydrogen-bond donors (Lipinski definition) is 0. The maximum absolute atomic E-state index is 7.94. The number of anilines is 4. The van der Waals surface area contributed by atoms with E-state index in [-0.39, 0.29) is 42.7 Å². The zero-order valence-corrected chi connectivity index (χ0v) is 51.9. The smallest absolute Gasteiger partial charge is 0.135 e. The normalized spacial score (nSPS) is 13.6. The molecule has 0 N–H and O–H groups in total. The third-order valence-corrected chi connectivity index (χ3v) is 16.0. The van der Waals surface area contributed by atoms with Crippen LogP contribution < -0.4 is 14.5 Å². The molecule has 1 aliphatic heterocycles. The van der Waals surface area contributed by atoms with E-state index in [4.69, 9.17) is 13.8 Å². The summed E-state index contributed by atoms with van der Waals surface area (Å²) in [4.78, 5) is 9.75. The van der Waals surface area contributed by atoms with Crippen molar-refractivity contribution in [2.24, 2.45) is 0 Å². The molecule has 0 aliphatic carbocycles. The van der Waals surface area contributed by atoms with Crippen molar-refractivity contribution in [2.75, 3.05) is 9.80 Å². The van der Waals surface area contributed by atoms with Crippen LogP contribution in [0.15, 0.2) is 200 Å². The van der Waals surface area contributed by atoms with E-state index in [1.165, 1.54) is 33.4 Å². The Hall–Kier alpha value is -7.98. The fraction of sp³-hybridized carbons (Fsp3) is 0.221. The molecule has 2 aromatic heterocycles. The fourth-order valence-corrected chi connectivity index (χ4v) is 11.4. The number of aryl methyl sites for hydroxylation is 1. The molecule has 0 radical (unpaired) electrons. The molecule has 0 unspecified atom stereocenters. The van der Waals surface area contributed by atoms with Gasteiger partial charge in [-0.15, -0.1) is 48.1 Å². The van der Waals surface area contributed by atoms with Crippen LogP contribution in [-0.2, 0) is 42.7 Å². The molecule has 3 heterocycles. The van der Waals surface area contributed by atoms with Crippen molar-refractivity contribution in [2.45, 2.75) is 112 Å². The Kier molecular flexibility index (Phi) is 13.8. The summed E-state index contributed by atoms with van der Waals surface area (Å²) in [5.74, 6) is 1.83. The summed E-state index contributed by atoms with van der Waals surface area (Å²) in [6.45, 7) is 27.4. The van der Waals surface area contributed by atoms with Crippen molar-refractivity contribution in [3.63, 3.8) is 0 Å². The van der Waals surface area contributed by atoms with Crippen LogP contribution in [0.2, 0.25) is 0 Å². The largest absolute Gasteiger partial charge is 0.509 e. The van der Waals surface area contributed by atoms with Gasteiger partial charge in [0.05, 0.1) is 0 Å². The molecule has 1 aliphatic rings. The number of nitrogens with zero attached hydrogens (tertiary/aromatic N) is 4. The molecular weight excluding hydrogens is 1190 g/mol. The molecule has 0 bridgehead atoms. The number of ether oxygens (including phenoxy) is 1. The zero-order valence-electron chi connectivity index (χ0n) is 52.6. The first kappa shape index (κ1) is 53.1. The average Bonchev–Trinajstić information content (AvgIpc) is 1.51. The van der Waals surface area contributed by atoms with Crippen LogP contribution in [0.1, 0.15) is 115 Å². The standard InChI is InChI=1S/C77H73N4O.Pt/c1-50-30-32-54(33-31-50)66-48-78-72(47-67(66)77(11,12)13)81-68-27-18-17-26-62(68)63-39-38-61(46-71(63)81)82-60-25-21-24-59(45-60)79-49-80(70-29-20-19-28-69(70)79)73-64(53-36-34-52(35-37-53)51-22-15-14-16-23-51)43-58(76(8,9)10)44-65(73)55-40-56(74(2,3)4)42-57(41-55)75(5,6)7;/h14-44,47-49H,1-13H3;/q-3;/i1D3;. The summed E-state index contributed by atoms with van der Waals surface area (Å²) in [6, 6.07) is 75.6. The molecule has 5 nitrogen and oxygen atoms in total. The molecule has 11 aromatic rings. The molecule has 0 atom stereocenters. The Morgan fingerprint density at radius 1 is 0.458 bits per heavy atom. The molecule has 420 valence electrons. The molecule has 83 heavy (non-hydrogen) atoms. The van der Waals surface area contributed by atoms with Gasteiger partial charge in [0, 0.05) is 82.1 Å². The first-order chi connectivity index (χ1) is 40.3. The zero-order chi connectivity index (χ0) is 60.0. The van der Waals surface area contributed by atoms with Gasteiger partial charge in [0.25, 0.3) is 0 Å². The molecule has 0 saturated heterocycles. The van der Waals surface area contributed by atoms with E-state index in [1.54, 1.807) is 12.1 Å². The van der Waals surface area contributed by atoms with Gasteiger partial charge in [-0.2, -0.15) is 12.1 Å². The average molecular weight is 1270 g/mol. The van der Waals surface area contributed by atoms with Gasteiger partial charge in [0.15, 0.2) is 0 Å². The Labute approximate surface area is 511 Å². The maximum atomic E-state index is 7.94. The summed E-state index contributed by atoms with van der Waals surface area (Å²) in [5.41, 5.74) is 19.2. The second kappa shape index (κ2) is 21.6. The molecule has 0 saturated carbocycles. The number of pyridine rings is 1. The summed E-state index contributed by atoms with van der Waals surface area (Å²) < 4.78 is 32.8. The minimum Gasteiger partial charge on any atom is -0.509 e. The minimum absolute atomic E-state index is 0. The molecule has 0 amide bonds. The Balaban J connectivity index is 0.00000768. The Morgan fingerprint density at radius 3 is 1.66 bits per heavy atom. The second-order valence-electron chi connectivity index (χ2n) is 26.1. The first-order valence-electron chi connectivity index (χ1n) is 30.1. The number of hydrogen-bond acceptors (Lipinski definition) is 4. The predicted octanol–water partition coefficient (Wildman–Crippen LogP) is 21.1. The minimum atomic E-state index is -2.18. The van der Waals surface area contributed by atoms with Gasteiger partial charge in [-0.3, -0.25) is 0 Å². The number of para-hydroxylation sites is 3. The monoisotopic (exact) mass is 1270 g/mol. The van der Waals surface area contributed by atoms with E-state index in [0.29, 0.717) is 17.1 Å². The van der Waals surface area contributed by atoms with Gasteiger partial charge < -0.3 is 19.1 Å². The summed E-state index contributed by atoms with van der Waals surface area (Å²) in [5, 5.41) is 2.10. The van der Waals surface area contributed by atoms with E-state index >= 15 is 0 Å². The van der Waals surface area contributed by atoms with Gasteiger partial charge in [0.1, 0.15) is 5.82 Å². The molecule has 12 rings (SSSR count). The van der Waals surface area contributed by atoms with Crippen LogP contribution in [0.25, 0.3) is 72.1 Å². The van der Waals surface area contributed by atoms with E-state index in [9.17, 15) is 0 Å². The number of rotatable bonds is 9. The number of benzene rings is 9. The van der Waals surface area contributed by atoms with E-state index < -0.39 is 6.85 Å². The van der Waals surface area contributed by atoms with Crippen LogP contribution in [0, 0.1) is 25.7 Å². The summed E-state index contributed by atoms with van der Waals surface area (Å²) >= 11 is 0. The SMILES string of the molecule is [2H]C([2H])([2H])c1ccc(-c2cnc(-n3c4[c-]c(Oc5[c-]c(N6[CH-]N(c7c(-c8ccc(-c9ccccc9)cc8)cc(C(C)(C)C)cc7-c7cc(C(C)(C)C)cc(C(C)(C)C)c7)c7ccccc76)ccc5)ccc4c4ccccc43)cc2C(C)(C)C)cc1.[Pt]. The van der Waals surface area contributed by atoms with Crippen LogP contribution >= 0.6 is 0 Å². The van der Waals surface area contributed by atoms with Gasteiger partial charge in [0.2, 0.25) is 0 Å². The van der Waals surface area contributed by atoms with Crippen molar-refractivity contribution in [3.05, 3.63) is 247 Å². The van der Waals surface area contributed by atoms with Gasteiger partial charge in [-0.05, 0) is 120 Å². The van der Waals surface area contributed by atoms with Gasteiger partial charge in [-0.25, -0.2) is 4.98 Å². The second-order valence-corrected chi connectivity index (χ2v) is 26.1. The summed E-state index contributed by atoms with van der Waals surface area (Å²) in [6.07, 6.45) is 1.91. The van der Waals surface area contributed by atoms with Crippen molar-refractivity contribution < 1.29 is 29.9 Å². The fourth-order valence-electron chi connectivity index (χ4n) is 11.4. The predicted molar refractivity (Wildman–Crippen MR) is 346 cm³/mol. The third kappa shape index (κ3) is 11.1. The van der Waals surface area contributed by atoms with Crippen molar-refractivity contribution in [3.8, 4) is 61.8 Å². The van der Waals surface area contributed by atoms with Gasteiger partial charge in [-0.1, -0.05) is 222 Å². The maximum Gasteiger partial charge on any atom is 0.135 e. The van der Waals surface area contributed by atoms with Crippen LogP contribution in [0.4, 0.5) is 22.7 Å². The number of fused-ring (bicyclic) bond motifs is 4. The van der Waals surface area contributed by atoms with Crippen LogP contribution in [0.3, 0.4) is 0 Å². The molecular formula is C77H73N4OPt-3.